The minimum atomic E-state index is -0.623. The Labute approximate surface area is 123 Å². The number of hydrogen-bond donors (Lipinski definition) is 2. The third-order valence-corrected chi connectivity index (χ3v) is 3.25. The van der Waals surface area contributed by atoms with Crippen molar-refractivity contribution in [3.05, 3.63) is 0 Å². The predicted octanol–water partition coefficient (Wildman–Crippen LogP) is -0.699. The van der Waals surface area contributed by atoms with Crippen LogP contribution in [0.1, 0.15) is 26.7 Å². The van der Waals surface area contributed by atoms with Gasteiger partial charge in [-0.05, 0) is 19.9 Å². The molecule has 1 aliphatic rings. The number of hydrogen-bond acceptors (Lipinski definition) is 5. The van der Waals surface area contributed by atoms with Crippen LogP contribution in [0.2, 0.25) is 0 Å². The van der Waals surface area contributed by atoms with Crippen LogP contribution in [0.15, 0.2) is 0 Å². The van der Waals surface area contributed by atoms with Gasteiger partial charge in [0.15, 0.2) is 0 Å². The molecule has 2 N–H and O–H groups in total. The molecule has 1 unspecified atom stereocenters. The molecule has 1 saturated heterocycles. The molecule has 1 rings (SSSR count). The fourth-order valence-electron chi connectivity index (χ4n) is 2.21. The second-order valence-corrected chi connectivity index (χ2v) is 4.89. The summed E-state index contributed by atoms with van der Waals surface area (Å²) >= 11 is 0. The Kier molecular flexibility index (Phi) is 6.29. The molecule has 5 amide bonds. The van der Waals surface area contributed by atoms with Gasteiger partial charge in [-0.3, -0.25) is 29.5 Å². The quantitative estimate of drug-likeness (QED) is 0.632. The molecular formula is C13H22N4O4. The number of likely N-dealkylation sites (N-methyl/N-ethyl adjacent to an activating group) is 1. The Morgan fingerprint density at radius 1 is 1.33 bits per heavy atom. The van der Waals surface area contributed by atoms with Gasteiger partial charge >= 0.3 is 6.03 Å². The number of carbonyl (C=O) groups is 4. The molecular weight excluding hydrogens is 276 g/mol. The van der Waals surface area contributed by atoms with Gasteiger partial charge in [-0.1, -0.05) is 6.92 Å². The number of urea groups is 1. The minimum Gasteiger partial charge on any atom is -0.338 e. The second kappa shape index (κ2) is 7.72. The third-order valence-electron chi connectivity index (χ3n) is 3.25. The predicted molar refractivity (Wildman–Crippen MR) is 75.3 cm³/mol. The van der Waals surface area contributed by atoms with Crippen LogP contribution < -0.4 is 10.6 Å². The molecule has 8 heteroatoms. The topological polar surface area (TPSA) is 98.8 Å². The molecule has 1 atom stereocenters. The van der Waals surface area contributed by atoms with Crippen molar-refractivity contribution in [3.8, 4) is 0 Å². The normalized spacial score (nSPS) is 18.3. The summed E-state index contributed by atoms with van der Waals surface area (Å²) in [6.07, 6.45) is 0.805. The van der Waals surface area contributed by atoms with E-state index in [1.54, 1.807) is 11.8 Å². The van der Waals surface area contributed by atoms with E-state index in [-0.39, 0.29) is 24.8 Å². The third kappa shape index (κ3) is 4.52. The molecule has 1 fully saturated rings. The van der Waals surface area contributed by atoms with Gasteiger partial charge in [0.1, 0.15) is 0 Å². The van der Waals surface area contributed by atoms with Gasteiger partial charge in [-0.25, -0.2) is 4.79 Å². The molecule has 118 valence electrons. The maximum Gasteiger partial charge on any atom is 0.321 e. The summed E-state index contributed by atoms with van der Waals surface area (Å²) in [7, 11) is 1.43. The molecule has 0 aromatic heterocycles. The van der Waals surface area contributed by atoms with Crippen LogP contribution in [0.3, 0.4) is 0 Å². The molecule has 1 heterocycles. The highest BCUT2D eigenvalue weighted by molar-refractivity contribution is 6.05. The summed E-state index contributed by atoms with van der Waals surface area (Å²) in [4.78, 5) is 49.4. The molecule has 0 saturated carbocycles. The molecule has 1 aliphatic heterocycles. The Morgan fingerprint density at radius 3 is 2.48 bits per heavy atom. The number of nitrogens with one attached hydrogen (secondary N) is 2. The van der Waals surface area contributed by atoms with E-state index < -0.39 is 18.0 Å². The van der Waals surface area contributed by atoms with Gasteiger partial charge in [0.05, 0.1) is 19.0 Å². The van der Waals surface area contributed by atoms with Crippen LogP contribution in [0.25, 0.3) is 0 Å². The van der Waals surface area contributed by atoms with E-state index in [0.29, 0.717) is 13.1 Å². The molecule has 0 spiro atoms. The summed E-state index contributed by atoms with van der Waals surface area (Å²) in [5.41, 5.74) is 0. The Bertz CT molecular complexity index is 438. The molecule has 0 radical (unpaired) electrons. The number of likely N-dealkylation sites (tertiary alicyclic amines) is 1. The average molecular weight is 298 g/mol. The molecule has 0 aromatic rings. The number of carbonyl (C=O) groups excluding carboxylic acids is 4. The van der Waals surface area contributed by atoms with Crippen LogP contribution in [-0.2, 0) is 14.4 Å². The number of imide groups is 2. The van der Waals surface area contributed by atoms with Gasteiger partial charge in [0.25, 0.3) is 0 Å². The lowest BCUT2D eigenvalue weighted by molar-refractivity contribution is -0.138. The number of amides is 5. The molecule has 8 nitrogen and oxygen atoms in total. The van der Waals surface area contributed by atoms with Crippen LogP contribution in [-0.4, -0.2) is 66.3 Å². The summed E-state index contributed by atoms with van der Waals surface area (Å²) < 4.78 is 0. The van der Waals surface area contributed by atoms with Gasteiger partial charge in [-0.15, -0.1) is 0 Å². The SMILES string of the molecule is CCCN(CC(=O)NC(=O)NCC)C1CC(=O)N(C)C1=O. The van der Waals surface area contributed by atoms with E-state index in [2.05, 4.69) is 10.6 Å². The lowest BCUT2D eigenvalue weighted by atomic mass is 10.2. The summed E-state index contributed by atoms with van der Waals surface area (Å²) in [5.74, 6) is -1.06. The average Bonchev–Trinajstić information content (AvgIpc) is 2.66. The van der Waals surface area contributed by atoms with E-state index >= 15 is 0 Å². The summed E-state index contributed by atoms with van der Waals surface area (Å²) in [6, 6.07) is -1.19. The summed E-state index contributed by atoms with van der Waals surface area (Å²) in [5, 5.41) is 4.65. The first-order valence-corrected chi connectivity index (χ1v) is 7.02. The van der Waals surface area contributed by atoms with Crippen molar-refractivity contribution < 1.29 is 19.2 Å². The van der Waals surface area contributed by atoms with Crippen molar-refractivity contribution in [2.24, 2.45) is 0 Å². The Morgan fingerprint density at radius 2 is 2.00 bits per heavy atom. The monoisotopic (exact) mass is 298 g/mol. The van der Waals surface area contributed by atoms with E-state index in [0.717, 1.165) is 11.3 Å². The molecule has 0 aromatic carbocycles. The van der Waals surface area contributed by atoms with Gasteiger partial charge in [0.2, 0.25) is 17.7 Å². The largest absolute Gasteiger partial charge is 0.338 e. The first kappa shape index (κ1) is 17.1. The summed E-state index contributed by atoms with van der Waals surface area (Å²) in [6.45, 7) is 4.48. The Balaban J connectivity index is 2.66. The molecule has 0 bridgehead atoms. The standard InChI is InChI=1S/C13H22N4O4/c1-4-6-17(8-10(18)15-13(21)14-5-2)9-7-11(19)16(3)12(9)20/h9H,4-8H2,1-3H3,(H2,14,15,18,21). The van der Waals surface area contributed by atoms with Gasteiger partial charge in [0, 0.05) is 13.6 Å². The number of nitrogens with zero attached hydrogens (tertiary/aromatic N) is 2. The van der Waals surface area contributed by atoms with Gasteiger partial charge in [-0.2, -0.15) is 0 Å². The molecule has 0 aliphatic carbocycles. The van der Waals surface area contributed by atoms with Crippen molar-refractivity contribution in [1.29, 1.82) is 0 Å². The van der Waals surface area contributed by atoms with Crippen molar-refractivity contribution in [2.75, 3.05) is 26.7 Å². The van der Waals surface area contributed by atoms with E-state index in [1.807, 2.05) is 6.92 Å². The van der Waals surface area contributed by atoms with E-state index in [9.17, 15) is 19.2 Å². The fraction of sp³-hybridized carbons (Fsp3) is 0.692. The van der Waals surface area contributed by atoms with E-state index in [1.165, 1.54) is 7.05 Å². The highest BCUT2D eigenvalue weighted by Crippen LogP contribution is 2.17. The maximum atomic E-state index is 12.0. The van der Waals surface area contributed by atoms with Crippen molar-refractivity contribution >= 4 is 23.8 Å². The maximum absolute atomic E-state index is 12.0. The molecule has 21 heavy (non-hydrogen) atoms. The van der Waals surface area contributed by atoms with Crippen LogP contribution in [0, 0.1) is 0 Å². The lowest BCUT2D eigenvalue weighted by Crippen LogP contribution is -2.49. The second-order valence-electron chi connectivity index (χ2n) is 4.89. The Hall–Kier alpha value is -1.96. The zero-order valence-corrected chi connectivity index (χ0v) is 12.6. The van der Waals surface area contributed by atoms with Gasteiger partial charge < -0.3 is 5.32 Å². The van der Waals surface area contributed by atoms with Crippen LogP contribution >= 0.6 is 0 Å². The highest BCUT2D eigenvalue weighted by Gasteiger charge is 2.40. The van der Waals surface area contributed by atoms with Crippen molar-refractivity contribution in [2.45, 2.75) is 32.7 Å². The zero-order chi connectivity index (χ0) is 16.0. The number of rotatable bonds is 6. The van der Waals surface area contributed by atoms with Crippen LogP contribution in [0.5, 0.6) is 0 Å². The smallest absolute Gasteiger partial charge is 0.321 e. The van der Waals surface area contributed by atoms with Crippen molar-refractivity contribution in [3.63, 3.8) is 0 Å². The van der Waals surface area contributed by atoms with Crippen LogP contribution in [0.4, 0.5) is 4.79 Å². The first-order chi connectivity index (χ1) is 9.90. The zero-order valence-electron chi connectivity index (χ0n) is 12.6. The van der Waals surface area contributed by atoms with Crippen molar-refractivity contribution in [1.82, 2.24) is 20.4 Å². The van der Waals surface area contributed by atoms with E-state index in [4.69, 9.17) is 0 Å². The minimum absolute atomic E-state index is 0.0732. The first-order valence-electron chi connectivity index (χ1n) is 7.02. The highest BCUT2D eigenvalue weighted by atomic mass is 16.2. The lowest BCUT2D eigenvalue weighted by Gasteiger charge is -2.25. The fourth-order valence-corrected chi connectivity index (χ4v) is 2.21.